The van der Waals surface area contributed by atoms with E-state index >= 15 is 0 Å². The van der Waals surface area contributed by atoms with Gasteiger partial charge in [-0.2, -0.15) is 5.01 Å². The van der Waals surface area contributed by atoms with Crippen molar-refractivity contribution in [3.05, 3.63) is 34.0 Å². The highest BCUT2D eigenvalue weighted by Gasteiger charge is 2.47. The molecule has 1 aromatic rings. The van der Waals surface area contributed by atoms with E-state index in [-0.39, 0.29) is 6.54 Å². The van der Waals surface area contributed by atoms with Crippen LogP contribution < -0.4 is 10.7 Å². The fraction of sp³-hybridized carbons (Fsp3) is 0.438. The van der Waals surface area contributed by atoms with Gasteiger partial charge in [0.15, 0.2) is 0 Å². The van der Waals surface area contributed by atoms with E-state index in [1.54, 1.807) is 26.0 Å². The Morgan fingerprint density at radius 2 is 2.24 bits per heavy atom. The first-order valence-corrected chi connectivity index (χ1v) is 9.02. The van der Waals surface area contributed by atoms with Crippen molar-refractivity contribution in [2.24, 2.45) is 0 Å². The third-order valence-corrected chi connectivity index (χ3v) is 5.18. The van der Waals surface area contributed by atoms with Gasteiger partial charge in [0.05, 0.1) is 10.9 Å². The van der Waals surface area contributed by atoms with Crippen LogP contribution in [0.1, 0.15) is 25.1 Å². The van der Waals surface area contributed by atoms with E-state index in [0.717, 1.165) is 9.89 Å². The van der Waals surface area contributed by atoms with Gasteiger partial charge in [-0.05, 0) is 25.5 Å². The lowest BCUT2D eigenvalue weighted by Crippen LogP contribution is -2.51. The van der Waals surface area contributed by atoms with Gasteiger partial charge in [0.25, 0.3) is 11.8 Å². The molecule has 0 aromatic carbocycles. The number of nitrogens with zero attached hydrogens (tertiary/aromatic N) is 2. The predicted octanol–water partition coefficient (Wildman–Crippen LogP) is 2.14. The fourth-order valence-corrected chi connectivity index (χ4v) is 3.54. The van der Waals surface area contributed by atoms with E-state index in [9.17, 15) is 14.4 Å². The standard InChI is InChI=1S/C16H21ClN4O3S/c1-4-8-20(9-11-6-7-12(17)25-11)10-13(22)19-21-14(23)16(3,5-2)18-15(21)24/h4,6-7H,1,5,8-10H2,2-3H3,(H,18,24)(H,19,22). The molecule has 1 unspecified atom stereocenters. The summed E-state index contributed by atoms with van der Waals surface area (Å²) in [5, 5.41) is 3.34. The van der Waals surface area contributed by atoms with E-state index in [1.165, 1.54) is 11.3 Å². The second-order valence-corrected chi connectivity index (χ2v) is 7.76. The molecule has 1 aromatic heterocycles. The first-order valence-electron chi connectivity index (χ1n) is 7.82. The first kappa shape index (κ1) is 19.4. The lowest BCUT2D eigenvalue weighted by Gasteiger charge is -2.22. The lowest BCUT2D eigenvalue weighted by atomic mass is 10.00. The van der Waals surface area contributed by atoms with Crippen molar-refractivity contribution in [2.45, 2.75) is 32.4 Å². The highest BCUT2D eigenvalue weighted by atomic mass is 35.5. The van der Waals surface area contributed by atoms with E-state index < -0.39 is 23.4 Å². The van der Waals surface area contributed by atoms with Gasteiger partial charge in [-0.3, -0.25) is 19.9 Å². The topological polar surface area (TPSA) is 81.8 Å². The molecule has 9 heteroatoms. The Morgan fingerprint density at radius 1 is 1.52 bits per heavy atom. The van der Waals surface area contributed by atoms with Crippen LogP contribution in [-0.4, -0.2) is 46.4 Å². The molecule has 0 radical (unpaired) electrons. The van der Waals surface area contributed by atoms with Crippen molar-refractivity contribution >= 4 is 40.8 Å². The maximum absolute atomic E-state index is 12.3. The van der Waals surface area contributed by atoms with Gasteiger partial charge in [0.1, 0.15) is 5.54 Å². The Morgan fingerprint density at radius 3 is 2.76 bits per heavy atom. The van der Waals surface area contributed by atoms with Crippen LogP contribution in [0.15, 0.2) is 24.8 Å². The molecule has 0 saturated carbocycles. The average molecular weight is 385 g/mol. The average Bonchev–Trinajstić information content (AvgIpc) is 3.04. The van der Waals surface area contributed by atoms with Gasteiger partial charge >= 0.3 is 6.03 Å². The maximum Gasteiger partial charge on any atom is 0.344 e. The van der Waals surface area contributed by atoms with E-state index in [4.69, 9.17) is 11.6 Å². The lowest BCUT2D eigenvalue weighted by molar-refractivity contribution is -0.139. The van der Waals surface area contributed by atoms with Gasteiger partial charge in [0, 0.05) is 18.0 Å². The molecule has 1 fully saturated rings. The molecule has 1 atom stereocenters. The molecule has 4 amide bonds. The molecule has 2 heterocycles. The summed E-state index contributed by atoms with van der Waals surface area (Å²) in [5.74, 6) is -0.915. The monoisotopic (exact) mass is 384 g/mol. The normalized spacial score (nSPS) is 20.1. The van der Waals surface area contributed by atoms with Crippen LogP contribution in [-0.2, 0) is 16.1 Å². The molecular weight excluding hydrogens is 364 g/mol. The molecule has 0 aliphatic carbocycles. The van der Waals surface area contributed by atoms with Crippen molar-refractivity contribution < 1.29 is 14.4 Å². The minimum atomic E-state index is -0.987. The van der Waals surface area contributed by atoms with Gasteiger partial charge in [-0.25, -0.2) is 4.79 Å². The number of urea groups is 1. The predicted molar refractivity (Wildman–Crippen MR) is 97.0 cm³/mol. The number of carbonyl (C=O) groups excluding carboxylic acids is 3. The molecular formula is C16H21ClN4O3S. The number of carbonyl (C=O) groups is 3. The Balaban J connectivity index is 1.98. The van der Waals surface area contributed by atoms with E-state index in [0.29, 0.717) is 23.8 Å². The molecule has 0 spiro atoms. The SMILES string of the molecule is C=CCN(CC(=O)NN1C(=O)NC(C)(CC)C1=O)Cc1ccc(Cl)s1. The molecule has 2 rings (SSSR count). The molecule has 25 heavy (non-hydrogen) atoms. The van der Waals surface area contributed by atoms with Crippen molar-refractivity contribution in [1.82, 2.24) is 20.7 Å². The number of imide groups is 1. The molecule has 0 bridgehead atoms. The minimum absolute atomic E-state index is 0.0153. The Kier molecular flexibility index (Phi) is 6.21. The molecule has 7 nitrogen and oxygen atoms in total. The molecule has 1 aliphatic heterocycles. The third-order valence-electron chi connectivity index (χ3n) is 3.97. The molecule has 1 aliphatic rings. The summed E-state index contributed by atoms with van der Waals surface area (Å²) >= 11 is 7.36. The highest BCUT2D eigenvalue weighted by Crippen LogP contribution is 2.23. The number of halogens is 1. The number of hydrogen-bond acceptors (Lipinski definition) is 5. The summed E-state index contributed by atoms with van der Waals surface area (Å²) in [4.78, 5) is 39.4. The molecule has 136 valence electrons. The van der Waals surface area contributed by atoms with Gasteiger partial charge in [0.2, 0.25) is 0 Å². The van der Waals surface area contributed by atoms with Crippen LogP contribution in [0.5, 0.6) is 0 Å². The fourth-order valence-electron chi connectivity index (χ4n) is 2.41. The van der Waals surface area contributed by atoms with Crippen LogP contribution >= 0.6 is 22.9 Å². The largest absolute Gasteiger partial charge is 0.344 e. The summed E-state index contributed by atoms with van der Waals surface area (Å²) < 4.78 is 0.677. The molecule has 1 saturated heterocycles. The number of amides is 4. The number of hydrogen-bond donors (Lipinski definition) is 2. The Labute approximate surface area is 155 Å². The van der Waals surface area contributed by atoms with Gasteiger partial charge in [-0.15, -0.1) is 17.9 Å². The van der Waals surface area contributed by atoms with E-state index in [1.807, 2.05) is 11.0 Å². The summed E-state index contributed by atoms with van der Waals surface area (Å²) in [6.07, 6.45) is 2.12. The summed E-state index contributed by atoms with van der Waals surface area (Å²) in [5.41, 5.74) is 1.39. The van der Waals surface area contributed by atoms with Crippen LogP contribution in [0.25, 0.3) is 0 Å². The first-order chi connectivity index (χ1) is 11.8. The minimum Gasteiger partial charge on any atom is -0.322 e. The van der Waals surface area contributed by atoms with Crippen molar-refractivity contribution in [3.63, 3.8) is 0 Å². The van der Waals surface area contributed by atoms with Crippen molar-refractivity contribution in [2.75, 3.05) is 13.1 Å². The zero-order valence-electron chi connectivity index (χ0n) is 14.2. The second-order valence-electron chi connectivity index (χ2n) is 5.96. The number of nitrogens with one attached hydrogen (secondary N) is 2. The zero-order valence-corrected chi connectivity index (χ0v) is 15.7. The number of rotatable bonds is 8. The van der Waals surface area contributed by atoms with Crippen LogP contribution in [0.4, 0.5) is 4.79 Å². The van der Waals surface area contributed by atoms with Gasteiger partial charge in [-0.1, -0.05) is 24.6 Å². The summed E-state index contributed by atoms with van der Waals surface area (Å²) in [7, 11) is 0. The Bertz CT molecular complexity index is 693. The van der Waals surface area contributed by atoms with Crippen molar-refractivity contribution in [3.8, 4) is 0 Å². The Hall–Kier alpha value is -1.90. The second kappa shape index (κ2) is 7.99. The summed E-state index contributed by atoms with van der Waals surface area (Å²) in [6.45, 7) is 8.12. The number of thiophene rings is 1. The van der Waals surface area contributed by atoms with Crippen LogP contribution in [0.3, 0.4) is 0 Å². The third kappa shape index (κ3) is 4.59. The molecule has 2 N–H and O–H groups in total. The maximum atomic E-state index is 12.3. The van der Waals surface area contributed by atoms with Gasteiger partial charge < -0.3 is 5.32 Å². The number of hydrazine groups is 1. The van der Waals surface area contributed by atoms with Crippen molar-refractivity contribution in [1.29, 1.82) is 0 Å². The highest BCUT2D eigenvalue weighted by molar-refractivity contribution is 7.16. The zero-order chi connectivity index (χ0) is 18.6. The summed E-state index contributed by atoms with van der Waals surface area (Å²) in [6, 6.07) is 3.07. The van der Waals surface area contributed by atoms with Crippen LogP contribution in [0, 0.1) is 0 Å². The van der Waals surface area contributed by atoms with Crippen LogP contribution in [0.2, 0.25) is 4.34 Å². The smallest absolute Gasteiger partial charge is 0.322 e. The van der Waals surface area contributed by atoms with E-state index in [2.05, 4.69) is 17.3 Å². The quantitative estimate of drug-likeness (QED) is 0.531.